The van der Waals surface area contributed by atoms with Gasteiger partial charge in [-0.25, -0.2) is 0 Å². The molecular weight excluding hydrogens is 314 g/mol. The number of hydrogen-bond donors (Lipinski definition) is 0. The molecular formula is C16H19N3O5. The van der Waals surface area contributed by atoms with Gasteiger partial charge in [0.2, 0.25) is 0 Å². The van der Waals surface area contributed by atoms with Gasteiger partial charge in [-0.1, -0.05) is 0 Å². The van der Waals surface area contributed by atoms with E-state index in [-0.39, 0.29) is 17.2 Å². The molecule has 8 heteroatoms. The van der Waals surface area contributed by atoms with E-state index in [9.17, 15) is 14.4 Å². The summed E-state index contributed by atoms with van der Waals surface area (Å²) in [6.07, 6.45) is 1.45. The van der Waals surface area contributed by atoms with Gasteiger partial charge >= 0.3 is 0 Å². The molecule has 2 fully saturated rings. The molecule has 24 heavy (non-hydrogen) atoms. The zero-order valence-electron chi connectivity index (χ0n) is 13.3. The molecule has 0 N–H and O–H groups in total. The summed E-state index contributed by atoms with van der Waals surface area (Å²) in [4.78, 5) is 44.7. The van der Waals surface area contributed by atoms with E-state index >= 15 is 0 Å². The second-order valence-electron chi connectivity index (χ2n) is 5.54. The summed E-state index contributed by atoms with van der Waals surface area (Å²) in [5, 5.41) is 0. The molecule has 8 nitrogen and oxygen atoms in total. The Kier molecular flexibility index (Phi) is 5.17. The summed E-state index contributed by atoms with van der Waals surface area (Å²) in [6.45, 7) is 3.36. The van der Waals surface area contributed by atoms with Crippen molar-refractivity contribution in [3.05, 3.63) is 29.6 Å². The van der Waals surface area contributed by atoms with Crippen LogP contribution in [0.1, 0.15) is 20.8 Å². The van der Waals surface area contributed by atoms with E-state index in [1.165, 1.54) is 17.2 Å². The van der Waals surface area contributed by atoms with Crippen LogP contribution in [0.3, 0.4) is 0 Å². The molecule has 1 aromatic rings. The maximum absolute atomic E-state index is 12.6. The number of ketones is 1. The van der Waals surface area contributed by atoms with Crippen molar-refractivity contribution in [2.45, 2.75) is 0 Å². The quantitative estimate of drug-likeness (QED) is 0.552. The highest BCUT2D eigenvalue weighted by atomic mass is 16.5. The molecule has 0 radical (unpaired) electrons. The first kappa shape index (κ1) is 16.5. The van der Waals surface area contributed by atoms with Crippen LogP contribution in [0.5, 0.6) is 0 Å². The second kappa shape index (κ2) is 7.50. The minimum absolute atomic E-state index is 0.0195. The van der Waals surface area contributed by atoms with Crippen LogP contribution in [0, 0.1) is 0 Å². The number of aromatic nitrogens is 1. The van der Waals surface area contributed by atoms with Crippen molar-refractivity contribution in [1.82, 2.24) is 14.8 Å². The summed E-state index contributed by atoms with van der Waals surface area (Å²) in [6, 6.07) is 3.03. The van der Waals surface area contributed by atoms with Crippen molar-refractivity contribution in [1.29, 1.82) is 0 Å². The summed E-state index contributed by atoms with van der Waals surface area (Å²) >= 11 is 0. The van der Waals surface area contributed by atoms with Crippen LogP contribution in [0.2, 0.25) is 0 Å². The van der Waals surface area contributed by atoms with Gasteiger partial charge in [0, 0.05) is 32.4 Å². The number of morpholine rings is 2. The van der Waals surface area contributed by atoms with E-state index in [2.05, 4.69) is 4.98 Å². The van der Waals surface area contributed by atoms with Crippen LogP contribution in [-0.4, -0.2) is 85.0 Å². The molecule has 0 spiro atoms. The van der Waals surface area contributed by atoms with Crippen LogP contribution in [-0.2, 0) is 14.3 Å². The molecule has 0 saturated carbocycles. The molecule has 3 rings (SSSR count). The van der Waals surface area contributed by atoms with E-state index in [0.717, 1.165) is 0 Å². The van der Waals surface area contributed by atoms with Crippen molar-refractivity contribution in [3.8, 4) is 0 Å². The summed E-state index contributed by atoms with van der Waals surface area (Å²) in [7, 11) is 0. The number of rotatable bonds is 3. The number of carbonyl (C=O) groups excluding carboxylic acids is 3. The van der Waals surface area contributed by atoms with Gasteiger partial charge in [0.25, 0.3) is 17.6 Å². The molecule has 2 amide bonds. The Labute approximate surface area is 139 Å². The van der Waals surface area contributed by atoms with E-state index in [0.29, 0.717) is 52.6 Å². The zero-order valence-corrected chi connectivity index (χ0v) is 13.3. The Morgan fingerprint density at radius 1 is 0.917 bits per heavy atom. The standard InChI is InChI=1S/C16H19N3O5/c20-14(16(22)19-6-10-24-11-7-19)12-2-1-3-17-13(12)15(21)18-4-8-23-9-5-18/h1-3H,4-11H2. The number of ether oxygens (including phenoxy) is 2. The first-order chi connectivity index (χ1) is 11.7. The normalized spacial score (nSPS) is 18.3. The molecule has 2 aliphatic heterocycles. The third kappa shape index (κ3) is 3.44. The number of pyridine rings is 1. The number of nitrogens with zero attached hydrogens (tertiary/aromatic N) is 3. The van der Waals surface area contributed by atoms with Gasteiger partial charge in [0.05, 0.1) is 32.0 Å². The van der Waals surface area contributed by atoms with E-state index in [1.54, 1.807) is 11.0 Å². The minimum Gasteiger partial charge on any atom is -0.378 e. The monoisotopic (exact) mass is 333 g/mol. The summed E-state index contributed by atoms with van der Waals surface area (Å²) in [5.74, 6) is -1.68. The SMILES string of the molecule is O=C(C(=O)N1CCOCC1)c1cccnc1C(=O)N1CCOCC1. The lowest BCUT2D eigenvalue weighted by atomic mass is 10.1. The van der Waals surface area contributed by atoms with Gasteiger partial charge in [-0.3, -0.25) is 19.4 Å². The van der Waals surface area contributed by atoms with Gasteiger partial charge in [-0.05, 0) is 12.1 Å². The molecule has 0 unspecified atom stereocenters. The van der Waals surface area contributed by atoms with Crippen LogP contribution in [0.4, 0.5) is 0 Å². The second-order valence-corrected chi connectivity index (χ2v) is 5.54. The van der Waals surface area contributed by atoms with Crippen LogP contribution < -0.4 is 0 Å². The smallest absolute Gasteiger partial charge is 0.295 e. The summed E-state index contributed by atoms with van der Waals surface area (Å²) < 4.78 is 10.4. The molecule has 0 aliphatic carbocycles. The summed E-state index contributed by atoms with van der Waals surface area (Å²) in [5.41, 5.74) is 0.0662. The van der Waals surface area contributed by atoms with Crippen molar-refractivity contribution in [3.63, 3.8) is 0 Å². The Balaban J connectivity index is 1.81. The number of carbonyl (C=O) groups is 3. The predicted octanol–water partition coefficient (Wildman–Crippen LogP) is -0.404. The lowest BCUT2D eigenvalue weighted by Crippen LogP contribution is -2.45. The fraction of sp³-hybridized carbons (Fsp3) is 0.500. The Bertz CT molecular complexity index is 636. The third-order valence-corrected chi connectivity index (χ3v) is 4.05. The molecule has 2 aliphatic rings. The maximum Gasteiger partial charge on any atom is 0.295 e. The van der Waals surface area contributed by atoms with Gasteiger partial charge < -0.3 is 19.3 Å². The van der Waals surface area contributed by atoms with Crippen molar-refractivity contribution < 1.29 is 23.9 Å². The average Bonchev–Trinajstić information content (AvgIpc) is 2.67. The predicted molar refractivity (Wildman–Crippen MR) is 82.7 cm³/mol. The van der Waals surface area contributed by atoms with Crippen molar-refractivity contribution in [2.75, 3.05) is 52.6 Å². The van der Waals surface area contributed by atoms with Crippen LogP contribution in [0.25, 0.3) is 0 Å². The number of Topliss-reactive ketones (excluding diaryl/α,β-unsaturated/α-hetero) is 1. The van der Waals surface area contributed by atoms with Gasteiger partial charge in [-0.15, -0.1) is 0 Å². The van der Waals surface area contributed by atoms with Crippen LogP contribution >= 0.6 is 0 Å². The van der Waals surface area contributed by atoms with Gasteiger partial charge in [0.15, 0.2) is 0 Å². The van der Waals surface area contributed by atoms with E-state index < -0.39 is 11.7 Å². The van der Waals surface area contributed by atoms with Crippen molar-refractivity contribution >= 4 is 17.6 Å². The number of hydrogen-bond acceptors (Lipinski definition) is 6. The van der Waals surface area contributed by atoms with E-state index in [4.69, 9.17) is 9.47 Å². The molecule has 1 aromatic heterocycles. The largest absolute Gasteiger partial charge is 0.378 e. The highest BCUT2D eigenvalue weighted by molar-refractivity contribution is 6.43. The van der Waals surface area contributed by atoms with E-state index in [1.807, 2.05) is 0 Å². The molecule has 0 bridgehead atoms. The van der Waals surface area contributed by atoms with Crippen LogP contribution in [0.15, 0.2) is 18.3 Å². The molecule has 3 heterocycles. The highest BCUT2D eigenvalue weighted by Gasteiger charge is 2.30. The van der Waals surface area contributed by atoms with Gasteiger partial charge in [-0.2, -0.15) is 0 Å². The molecule has 0 atom stereocenters. The maximum atomic E-state index is 12.6. The minimum atomic E-state index is -0.707. The first-order valence-corrected chi connectivity index (χ1v) is 7.92. The topological polar surface area (TPSA) is 89.0 Å². The van der Waals surface area contributed by atoms with Crippen molar-refractivity contribution in [2.24, 2.45) is 0 Å². The zero-order chi connectivity index (χ0) is 16.9. The fourth-order valence-electron chi connectivity index (χ4n) is 2.70. The third-order valence-electron chi connectivity index (χ3n) is 4.05. The molecule has 2 saturated heterocycles. The Morgan fingerprint density at radius 3 is 2.12 bits per heavy atom. The number of amides is 2. The first-order valence-electron chi connectivity index (χ1n) is 7.92. The lowest BCUT2D eigenvalue weighted by Gasteiger charge is -2.28. The Morgan fingerprint density at radius 2 is 1.50 bits per heavy atom. The highest BCUT2D eigenvalue weighted by Crippen LogP contribution is 2.13. The molecule has 0 aromatic carbocycles. The molecule has 128 valence electrons. The lowest BCUT2D eigenvalue weighted by molar-refractivity contribution is -0.130. The Hall–Kier alpha value is -2.32. The fourth-order valence-corrected chi connectivity index (χ4v) is 2.70. The van der Waals surface area contributed by atoms with Gasteiger partial charge in [0.1, 0.15) is 5.69 Å². The average molecular weight is 333 g/mol.